The van der Waals surface area contributed by atoms with Gasteiger partial charge < -0.3 is 9.88 Å². The van der Waals surface area contributed by atoms with Gasteiger partial charge in [0.2, 0.25) is 0 Å². The van der Waals surface area contributed by atoms with E-state index in [0.29, 0.717) is 5.56 Å². The second-order valence-corrected chi connectivity index (χ2v) is 7.95. The Morgan fingerprint density at radius 3 is 2.70 bits per heavy atom. The molecule has 6 heteroatoms. The van der Waals surface area contributed by atoms with E-state index in [9.17, 15) is 4.79 Å². The van der Waals surface area contributed by atoms with Crippen molar-refractivity contribution in [3.05, 3.63) is 63.0 Å². The monoisotopic (exact) mass is 472 g/mol. The van der Waals surface area contributed by atoms with Crippen molar-refractivity contribution in [2.24, 2.45) is 0 Å². The van der Waals surface area contributed by atoms with Crippen molar-refractivity contribution in [1.29, 1.82) is 0 Å². The summed E-state index contributed by atoms with van der Waals surface area (Å²) >= 11 is 2.22. The maximum atomic E-state index is 12.6. The van der Waals surface area contributed by atoms with Crippen molar-refractivity contribution in [1.82, 2.24) is 14.8 Å². The summed E-state index contributed by atoms with van der Waals surface area (Å²) in [4.78, 5) is 12.6. The first-order valence-corrected chi connectivity index (χ1v) is 10.3. The quantitative estimate of drug-likeness (QED) is 0.556. The summed E-state index contributed by atoms with van der Waals surface area (Å²) in [5, 5.41) is 11.7. The number of nitrogens with one attached hydrogen (secondary N) is 1. The normalized spacial score (nSPS) is 13.7. The lowest BCUT2D eigenvalue weighted by Crippen LogP contribution is -2.13. The van der Waals surface area contributed by atoms with Crippen LogP contribution in [-0.4, -0.2) is 20.7 Å². The van der Waals surface area contributed by atoms with Gasteiger partial charge in [-0.3, -0.25) is 4.79 Å². The van der Waals surface area contributed by atoms with E-state index in [-0.39, 0.29) is 5.91 Å². The molecule has 0 bridgehead atoms. The minimum Gasteiger partial charge on any atom is -0.322 e. The van der Waals surface area contributed by atoms with Crippen LogP contribution in [0.25, 0.3) is 11.4 Å². The van der Waals surface area contributed by atoms with Gasteiger partial charge in [-0.2, -0.15) is 0 Å². The summed E-state index contributed by atoms with van der Waals surface area (Å²) in [6.07, 6.45) is 4.59. The number of amides is 1. The largest absolute Gasteiger partial charge is 0.322 e. The van der Waals surface area contributed by atoms with Crippen LogP contribution in [0.1, 0.15) is 41.0 Å². The fourth-order valence-corrected chi connectivity index (χ4v) is 4.03. The molecule has 0 aliphatic carbocycles. The lowest BCUT2D eigenvalue weighted by atomic mass is 10.1. The average Bonchev–Trinajstić information content (AvgIpc) is 2.92. The van der Waals surface area contributed by atoms with Gasteiger partial charge in [-0.05, 0) is 78.3 Å². The van der Waals surface area contributed by atoms with Crippen LogP contribution in [0.3, 0.4) is 0 Å². The van der Waals surface area contributed by atoms with Gasteiger partial charge in [0.05, 0.1) is 5.56 Å². The molecule has 138 valence electrons. The number of halogens is 1. The van der Waals surface area contributed by atoms with Crippen LogP contribution in [0.4, 0.5) is 5.69 Å². The number of hydrogen-bond acceptors (Lipinski definition) is 3. The first-order chi connectivity index (χ1) is 13.1. The van der Waals surface area contributed by atoms with Gasteiger partial charge in [-0.1, -0.05) is 18.6 Å². The standard InChI is InChI=1S/C21H21IN4O/c1-14-6-5-7-17(19(14)22)21(27)23-16-11-9-15(10-12-16)20-25-24-18-8-3-2-4-13-26(18)20/h5-7,9-12H,2-4,8,13H2,1H3,(H,23,27). The molecule has 1 N–H and O–H groups in total. The molecule has 27 heavy (non-hydrogen) atoms. The molecule has 0 fully saturated rings. The van der Waals surface area contributed by atoms with Gasteiger partial charge in [-0.25, -0.2) is 0 Å². The Balaban J connectivity index is 1.54. The lowest BCUT2D eigenvalue weighted by molar-refractivity contribution is 0.102. The Hall–Kier alpha value is -2.22. The highest BCUT2D eigenvalue weighted by molar-refractivity contribution is 14.1. The Bertz CT molecular complexity index is 978. The Morgan fingerprint density at radius 2 is 1.89 bits per heavy atom. The minimum absolute atomic E-state index is 0.0906. The molecule has 1 amide bonds. The molecule has 0 radical (unpaired) electrons. The van der Waals surface area contributed by atoms with E-state index in [1.54, 1.807) is 0 Å². The highest BCUT2D eigenvalue weighted by atomic mass is 127. The number of aromatic nitrogens is 3. The maximum Gasteiger partial charge on any atom is 0.256 e. The van der Waals surface area contributed by atoms with E-state index in [2.05, 4.69) is 42.7 Å². The molecule has 2 aromatic carbocycles. The molecule has 1 aliphatic heterocycles. The third-order valence-corrected chi connectivity index (χ3v) is 6.38. The molecule has 1 aliphatic rings. The summed E-state index contributed by atoms with van der Waals surface area (Å²) < 4.78 is 3.21. The number of benzene rings is 2. The Morgan fingerprint density at radius 1 is 1.07 bits per heavy atom. The first-order valence-electron chi connectivity index (χ1n) is 9.22. The summed E-state index contributed by atoms with van der Waals surface area (Å²) in [5.74, 6) is 1.90. The Kier molecular flexibility index (Phi) is 5.24. The number of anilines is 1. The third kappa shape index (κ3) is 3.76. The van der Waals surface area contributed by atoms with Crippen LogP contribution >= 0.6 is 22.6 Å². The predicted molar refractivity (Wildman–Crippen MR) is 115 cm³/mol. The lowest BCUT2D eigenvalue weighted by Gasteiger charge is -2.10. The van der Waals surface area contributed by atoms with Crippen LogP contribution in [0.2, 0.25) is 0 Å². The minimum atomic E-state index is -0.0906. The molecule has 0 unspecified atom stereocenters. The van der Waals surface area contributed by atoms with Crippen LogP contribution in [0, 0.1) is 10.5 Å². The van der Waals surface area contributed by atoms with E-state index in [1.165, 1.54) is 19.3 Å². The molecule has 2 heterocycles. The number of nitrogens with zero attached hydrogens (tertiary/aromatic N) is 3. The van der Waals surface area contributed by atoms with E-state index in [4.69, 9.17) is 0 Å². The van der Waals surface area contributed by atoms with E-state index in [1.807, 2.05) is 49.4 Å². The van der Waals surface area contributed by atoms with Gasteiger partial charge in [-0.15, -0.1) is 10.2 Å². The SMILES string of the molecule is Cc1cccc(C(=O)Nc2ccc(-c3nnc4n3CCCCC4)cc2)c1I. The maximum absolute atomic E-state index is 12.6. The molecular formula is C21H21IN4O. The molecule has 0 atom stereocenters. The summed E-state index contributed by atoms with van der Waals surface area (Å²) in [6.45, 7) is 2.98. The van der Waals surface area contributed by atoms with Crippen LogP contribution < -0.4 is 5.32 Å². The van der Waals surface area contributed by atoms with Gasteiger partial charge in [0, 0.05) is 27.8 Å². The van der Waals surface area contributed by atoms with Crippen LogP contribution in [-0.2, 0) is 13.0 Å². The highest BCUT2D eigenvalue weighted by Crippen LogP contribution is 2.24. The molecule has 1 aromatic heterocycles. The van der Waals surface area contributed by atoms with Crippen LogP contribution in [0.15, 0.2) is 42.5 Å². The fraction of sp³-hybridized carbons (Fsp3) is 0.286. The third-order valence-electron chi connectivity index (χ3n) is 4.95. The summed E-state index contributed by atoms with van der Waals surface area (Å²) in [6, 6.07) is 13.6. The van der Waals surface area contributed by atoms with Gasteiger partial charge in [0.25, 0.3) is 5.91 Å². The van der Waals surface area contributed by atoms with Crippen molar-refractivity contribution in [3.63, 3.8) is 0 Å². The molecule has 4 rings (SSSR count). The zero-order valence-electron chi connectivity index (χ0n) is 15.2. The zero-order valence-corrected chi connectivity index (χ0v) is 17.4. The molecule has 0 saturated carbocycles. The van der Waals surface area contributed by atoms with Gasteiger partial charge >= 0.3 is 0 Å². The molecule has 0 saturated heterocycles. The second kappa shape index (κ2) is 7.80. The number of carbonyl (C=O) groups excluding carboxylic acids is 1. The fourth-order valence-electron chi connectivity index (χ4n) is 3.42. The van der Waals surface area contributed by atoms with E-state index >= 15 is 0 Å². The van der Waals surface area contributed by atoms with E-state index < -0.39 is 0 Å². The van der Waals surface area contributed by atoms with E-state index in [0.717, 1.165) is 45.0 Å². The number of carbonyl (C=O) groups is 1. The summed E-state index contributed by atoms with van der Waals surface area (Å²) in [7, 11) is 0. The molecule has 5 nitrogen and oxygen atoms in total. The van der Waals surface area contributed by atoms with Crippen molar-refractivity contribution in [3.8, 4) is 11.4 Å². The highest BCUT2D eigenvalue weighted by Gasteiger charge is 2.16. The first kappa shape index (κ1) is 18.2. The number of hydrogen-bond donors (Lipinski definition) is 1. The number of fused-ring (bicyclic) bond motifs is 1. The number of rotatable bonds is 3. The smallest absolute Gasteiger partial charge is 0.256 e. The average molecular weight is 472 g/mol. The number of aryl methyl sites for hydroxylation is 2. The van der Waals surface area contributed by atoms with Crippen molar-refractivity contribution >= 4 is 34.2 Å². The molecule has 0 spiro atoms. The predicted octanol–water partition coefficient (Wildman–Crippen LogP) is 4.84. The van der Waals surface area contributed by atoms with Gasteiger partial charge in [0.15, 0.2) is 5.82 Å². The topological polar surface area (TPSA) is 59.8 Å². The zero-order chi connectivity index (χ0) is 18.8. The summed E-state index contributed by atoms with van der Waals surface area (Å²) in [5.41, 5.74) is 3.60. The molecule has 3 aromatic rings. The van der Waals surface area contributed by atoms with Crippen LogP contribution in [0.5, 0.6) is 0 Å². The Labute approximate surface area is 172 Å². The van der Waals surface area contributed by atoms with Crippen molar-refractivity contribution < 1.29 is 4.79 Å². The van der Waals surface area contributed by atoms with Crippen molar-refractivity contribution in [2.75, 3.05) is 5.32 Å². The van der Waals surface area contributed by atoms with Crippen molar-refractivity contribution in [2.45, 2.75) is 39.2 Å². The van der Waals surface area contributed by atoms with Gasteiger partial charge in [0.1, 0.15) is 5.82 Å². The molecular weight excluding hydrogens is 451 g/mol. The second-order valence-electron chi connectivity index (χ2n) is 6.87.